The van der Waals surface area contributed by atoms with Crippen molar-refractivity contribution >= 4 is 182 Å². The van der Waals surface area contributed by atoms with Gasteiger partial charge in [-0.1, -0.05) is 6.58 Å². The molecule has 2 aromatic rings. The van der Waals surface area contributed by atoms with Crippen LogP contribution in [0, 0.1) is 21.4 Å². The minimum atomic E-state index is -1.56. The molecule has 0 aliphatic rings. The number of likely N-dealkylation sites (N-methyl/N-ethyl adjacent to an activating group) is 4. The SMILES string of the molecule is C=C(c1c(I)c(NC(=O)CO)c(I)c(C(=O)N(C)CC(O)CO)c1I)N(C)CC(O)C(O)CN(C)C(=O)c1c(I)c(NC(=O)CO)c(I)c(C(=O)N(C)CC(O)CO)c1I. The third-order valence-electron chi connectivity index (χ3n) is 8.64. The number of nitrogens with one attached hydrogen (secondary N) is 2. The Morgan fingerprint density at radius 3 is 1.10 bits per heavy atom. The number of amides is 5. The number of aliphatic hydroxyl groups is 8. The average Bonchev–Trinajstić information content (AvgIpc) is 3.19. The van der Waals surface area contributed by atoms with E-state index < -0.39 is 86.9 Å². The Morgan fingerprint density at radius 2 is 0.783 bits per heavy atom. The van der Waals surface area contributed by atoms with E-state index in [1.807, 2.05) is 136 Å². The van der Waals surface area contributed by atoms with Crippen molar-refractivity contribution in [3.63, 3.8) is 0 Å². The second kappa shape index (κ2) is 25.2. The maximum Gasteiger partial charge on any atom is 0.255 e. The van der Waals surface area contributed by atoms with E-state index in [0.29, 0.717) is 16.3 Å². The third-order valence-corrected chi connectivity index (χ3v) is 15.1. The smallest absolute Gasteiger partial charge is 0.255 e. The van der Waals surface area contributed by atoms with Crippen LogP contribution >= 0.6 is 136 Å². The lowest BCUT2D eigenvalue weighted by Gasteiger charge is -2.31. The monoisotopic (exact) mass is 1520 g/mol. The molecule has 4 atom stereocenters. The van der Waals surface area contributed by atoms with Gasteiger partial charge in [0.25, 0.3) is 17.7 Å². The predicted molar refractivity (Wildman–Crippen MR) is 271 cm³/mol. The first-order valence-corrected chi connectivity index (χ1v) is 23.7. The van der Waals surface area contributed by atoms with Gasteiger partial charge in [0.15, 0.2) is 0 Å². The fraction of sp³-hybridized carbons (Fsp3) is 0.457. The largest absolute Gasteiger partial charge is 0.394 e. The molecule has 0 spiro atoms. The Bertz CT molecular complexity index is 1840. The lowest BCUT2D eigenvalue weighted by Crippen LogP contribution is -2.44. The van der Waals surface area contributed by atoms with Gasteiger partial charge < -0.3 is 71.1 Å². The first-order chi connectivity index (χ1) is 27.9. The second-order valence-electron chi connectivity index (χ2n) is 13.2. The highest BCUT2D eigenvalue weighted by Crippen LogP contribution is 2.40. The number of carbonyl (C=O) groups is 5. The van der Waals surface area contributed by atoms with Crippen LogP contribution in [0.15, 0.2) is 6.58 Å². The molecule has 5 amide bonds. The highest BCUT2D eigenvalue weighted by atomic mass is 127. The van der Waals surface area contributed by atoms with Crippen LogP contribution in [0.1, 0.15) is 36.6 Å². The lowest BCUT2D eigenvalue weighted by molar-refractivity contribution is -0.119. The summed E-state index contributed by atoms with van der Waals surface area (Å²) < 4.78 is 1.77. The summed E-state index contributed by atoms with van der Waals surface area (Å²) >= 11 is 11.2. The molecule has 2 aromatic carbocycles. The minimum Gasteiger partial charge on any atom is -0.394 e. The van der Waals surface area contributed by atoms with E-state index in [9.17, 15) is 64.8 Å². The molecule has 0 saturated carbocycles. The molecule has 19 nitrogen and oxygen atoms in total. The van der Waals surface area contributed by atoms with Gasteiger partial charge in [-0.2, -0.15) is 0 Å². The highest BCUT2D eigenvalue weighted by molar-refractivity contribution is 14.1. The van der Waals surface area contributed by atoms with Crippen LogP contribution in [0.25, 0.3) is 5.70 Å². The number of nitrogens with zero attached hydrogens (tertiary/aromatic N) is 4. The molecular formula is C35H44I6N6O13. The number of benzene rings is 2. The molecule has 0 heterocycles. The van der Waals surface area contributed by atoms with Crippen LogP contribution in [0.4, 0.5) is 11.4 Å². The molecule has 334 valence electrons. The van der Waals surface area contributed by atoms with E-state index in [-0.39, 0.29) is 64.1 Å². The van der Waals surface area contributed by atoms with E-state index in [0.717, 1.165) is 9.80 Å². The molecule has 60 heavy (non-hydrogen) atoms. The van der Waals surface area contributed by atoms with Crippen molar-refractivity contribution in [1.29, 1.82) is 0 Å². The quantitative estimate of drug-likeness (QED) is 0.0806. The fourth-order valence-corrected chi connectivity index (χ4v) is 14.3. The molecule has 0 aliphatic carbocycles. The van der Waals surface area contributed by atoms with E-state index in [4.69, 9.17) is 0 Å². The van der Waals surface area contributed by atoms with Crippen molar-refractivity contribution in [2.45, 2.75) is 24.4 Å². The topological polar surface area (TPSA) is 284 Å². The molecule has 0 saturated heterocycles. The summed E-state index contributed by atoms with van der Waals surface area (Å²) in [5, 5.41) is 85.1. The van der Waals surface area contributed by atoms with Crippen LogP contribution in [0.2, 0.25) is 0 Å². The minimum absolute atomic E-state index is 0.00633. The zero-order valence-electron chi connectivity index (χ0n) is 32.3. The predicted octanol–water partition coefficient (Wildman–Crippen LogP) is 0.423. The van der Waals surface area contributed by atoms with Crippen molar-refractivity contribution in [3.05, 3.63) is 50.3 Å². The van der Waals surface area contributed by atoms with Gasteiger partial charge in [-0.15, -0.1) is 0 Å². The number of carbonyl (C=O) groups excluding carboxylic acids is 5. The van der Waals surface area contributed by atoms with Gasteiger partial charge in [0.05, 0.1) is 76.4 Å². The van der Waals surface area contributed by atoms with Crippen LogP contribution in [-0.2, 0) is 9.59 Å². The van der Waals surface area contributed by atoms with Gasteiger partial charge in [-0.05, 0) is 136 Å². The van der Waals surface area contributed by atoms with Gasteiger partial charge in [0.1, 0.15) is 13.2 Å². The Morgan fingerprint density at radius 1 is 0.500 bits per heavy atom. The van der Waals surface area contributed by atoms with Crippen LogP contribution in [-0.4, -0.2) is 195 Å². The van der Waals surface area contributed by atoms with Crippen molar-refractivity contribution in [3.8, 4) is 0 Å². The molecule has 0 radical (unpaired) electrons. The number of halogens is 6. The first kappa shape index (κ1) is 55.5. The molecule has 4 unspecified atom stereocenters. The first-order valence-electron chi connectivity index (χ1n) is 17.2. The molecule has 0 fully saturated rings. The van der Waals surface area contributed by atoms with Gasteiger partial charge in [0.2, 0.25) is 11.8 Å². The van der Waals surface area contributed by atoms with Crippen molar-refractivity contribution in [2.75, 3.05) is 91.4 Å². The summed E-state index contributed by atoms with van der Waals surface area (Å²) in [6.45, 7) is 0.0804. The standard InChI is InChI=1S/C35H44I6N6O13/c1-14(21-25(36)22(33(58)45(3)6-15(52)10-48)28(39)31(27(21)38)42-19(56)12-50)44(2)8-17(54)18(55)9-47(5)35(60)24-26(37)23(34(59)46(4)7-16(53)11-49)29(40)32(30(24)41)43-20(57)13-51/h15-18,48-55H,1,6-13H2,2-5H3,(H,42,56)(H,43,57). The van der Waals surface area contributed by atoms with E-state index in [1.165, 1.54) is 30.9 Å². The Hall–Kier alpha value is -0.610. The fourth-order valence-electron chi connectivity index (χ4n) is 5.40. The van der Waals surface area contributed by atoms with Crippen LogP contribution in [0.5, 0.6) is 0 Å². The molecule has 2 rings (SSSR count). The maximum atomic E-state index is 14.1. The summed E-state index contributed by atoms with van der Waals surface area (Å²) in [6, 6.07) is 0. The Balaban J connectivity index is 2.51. The molecule has 25 heteroatoms. The van der Waals surface area contributed by atoms with Gasteiger partial charge in [0, 0.05) is 76.3 Å². The Kier molecular flexibility index (Phi) is 23.3. The van der Waals surface area contributed by atoms with Gasteiger partial charge in [-0.25, -0.2) is 0 Å². The van der Waals surface area contributed by atoms with Gasteiger partial charge >= 0.3 is 0 Å². The highest BCUT2D eigenvalue weighted by Gasteiger charge is 2.34. The Labute approximate surface area is 427 Å². The second-order valence-corrected chi connectivity index (χ2v) is 19.7. The summed E-state index contributed by atoms with van der Waals surface area (Å²) in [5.74, 6) is -3.49. The number of rotatable bonds is 20. The maximum absolute atomic E-state index is 14.1. The normalized spacial score (nSPS) is 13.2. The number of anilines is 2. The average molecular weight is 1520 g/mol. The number of aliphatic hydroxyl groups excluding tert-OH is 8. The van der Waals surface area contributed by atoms with Gasteiger partial charge in [-0.3, -0.25) is 24.0 Å². The third kappa shape index (κ3) is 13.7. The summed E-state index contributed by atoms with van der Waals surface area (Å²) in [4.78, 5) is 71.2. The summed E-state index contributed by atoms with van der Waals surface area (Å²) in [6.07, 6.45) is -5.55. The number of hydrogen-bond acceptors (Lipinski definition) is 14. The molecule has 0 aromatic heterocycles. The van der Waals surface area contributed by atoms with E-state index >= 15 is 0 Å². The van der Waals surface area contributed by atoms with Crippen molar-refractivity contribution in [2.24, 2.45) is 0 Å². The number of hydrogen-bond donors (Lipinski definition) is 10. The zero-order valence-corrected chi connectivity index (χ0v) is 45.3. The van der Waals surface area contributed by atoms with Crippen LogP contribution < -0.4 is 10.6 Å². The molecule has 10 N–H and O–H groups in total. The van der Waals surface area contributed by atoms with E-state index in [2.05, 4.69) is 17.2 Å². The van der Waals surface area contributed by atoms with Crippen molar-refractivity contribution < 1.29 is 64.8 Å². The molecule has 0 aliphatic heterocycles. The molecular weight excluding hydrogens is 1470 g/mol. The lowest BCUT2D eigenvalue weighted by atomic mass is 10.0. The molecule has 0 bridgehead atoms. The van der Waals surface area contributed by atoms with E-state index in [1.54, 1.807) is 7.05 Å². The summed E-state index contributed by atoms with van der Waals surface area (Å²) in [5.41, 5.74) is 0.956. The van der Waals surface area contributed by atoms with Crippen molar-refractivity contribution in [1.82, 2.24) is 19.6 Å². The zero-order chi connectivity index (χ0) is 46.1. The summed E-state index contributed by atoms with van der Waals surface area (Å²) in [7, 11) is 5.72. The van der Waals surface area contributed by atoms with Crippen LogP contribution in [0.3, 0.4) is 0 Å².